The number of aryl methyl sites for hydroxylation is 1. The van der Waals surface area contributed by atoms with Gasteiger partial charge >= 0.3 is 5.97 Å². The van der Waals surface area contributed by atoms with Crippen LogP contribution in [-0.4, -0.2) is 27.7 Å². The third-order valence-corrected chi connectivity index (χ3v) is 8.85. The first kappa shape index (κ1) is 22.5. The number of carbonyl (C=O) groups is 3. The van der Waals surface area contributed by atoms with Crippen molar-refractivity contribution < 1.29 is 24.6 Å². The molecule has 1 unspecified atom stereocenters. The van der Waals surface area contributed by atoms with E-state index in [9.17, 15) is 24.6 Å². The van der Waals surface area contributed by atoms with E-state index in [2.05, 4.69) is 13.5 Å². The summed E-state index contributed by atoms with van der Waals surface area (Å²) >= 11 is 0. The molecular weight excluding hydrogens is 404 g/mol. The van der Waals surface area contributed by atoms with Gasteiger partial charge in [0.25, 0.3) is 0 Å². The number of aliphatic carboxylic acids is 1. The van der Waals surface area contributed by atoms with Crippen LogP contribution < -0.4 is 0 Å². The Balaban J connectivity index is 1.83. The van der Waals surface area contributed by atoms with Crippen LogP contribution in [0.2, 0.25) is 0 Å². The molecule has 4 rings (SSSR count). The van der Waals surface area contributed by atoms with Crippen LogP contribution in [0.5, 0.6) is 0 Å². The molecule has 0 saturated heterocycles. The Kier molecular flexibility index (Phi) is 5.22. The van der Waals surface area contributed by atoms with E-state index in [1.807, 2.05) is 19.9 Å². The van der Waals surface area contributed by atoms with Crippen molar-refractivity contribution in [3.05, 3.63) is 52.1 Å². The Morgan fingerprint density at radius 2 is 1.84 bits per heavy atom. The fourth-order valence-corrected chi connectivity index (χ4v) is 6.85. The van der Waals surface area contributed by atoms with Crippen LogP contribution in [0.4, 0.5) is 0 Å². The number of fused-ring (bicyclic) bond motifs is 2. The number of benzene rings is 1. The quantitative estimate of drug-likeness (QED) is 0.485. The van der Waals surface area contributed by atoms with Gasteiger partial charge in [0.15, 0.2) is 0 Å². The van der Waals surface area contributed by atoms with Gasteiger partial charge in [0.05, 0.1) is 5.41 Å². The molecule has 1 aromatic carbocycles. The number of allylic oxidation sites excluding steroid dienone is 2. The molecule has 5 nitrogen and oxygen atoms in total. The third kappa shape index (κ3) is 3.01. The molecule has 1 aromatic rings. The van der Waals surface area contributed by atoms with Gasteiger partial charge in [-0.25, -0.2) is 0 Å². The van der Waals surface area contributed by atoms with E-state index in [0.717, 1.165) is 42.4 Å². The van der Waals surface area contributed by atoms with E-state index in [-0.39, 0.29) is 28.6 Å². The van der Waals surface area contributed by atoms with Crippen molar-refractivity contribution >= 4 is 23.3 Å². The zero-order chi connectivity index (χ0) is 23.6. The number of aliphatic hydroxyl groups is 1. The van der Waals surface area contributed by atoms with Crippen LogP contribution in [0.15, 0.2) is 29.9 Å². The molecule has 0 aliphatic heterocycles. The second kappa shape index (κ2) is 7.43. The number of carboxylic acid groups (broad SMARTS) is 1. The summed E-state index contributed by atoms with van der Waals surface area (Å²) in [5.41, 5.74) is 2.51. The molecule has 0 aromatic heterocycles. The van der Waals surface area contributed by atoms with Crippen LogP contribution >= 0.6 is 0 Å². The van der Waals surface area contributed by atoms with Gasteiger partial charge in [-0.1, -0.05) is 37.6 Å². The Morgan fingerprint density at radius 1 is 1.16 bits per heavy atom. The predicted octanol–water partition coefficient (Wildman–Crippen LogP) is 5.46. The van der Waals surface area contributed by atoms with Gasteiger partial charge in [-0.05, 0) is 81.3 Å². The number of aliphatic hydroxyl groups excluding tert-OH is 1. The fraction of sp³-hybridized carbons (Fsp3) is 0.519. The van der Waals surface area contributed by atoms with Crippen LogP contribution in [-0.2, 0) is 16.0 Å². The highest BCUT2D eigenvalue weighted by Crippen LogP contribution is 2.61. The van der Waals surface area contributed by atoms with E-state index in [0.29, 0.717) is 24.0 Å². The summed E-state index contributed by atoms with van der Waals surface area (Å²) in [5, 5.41) is 20.7. The molecule has 2 fully saturated rings. The highest BCUT2D eigenvalue weighted by atomic mass is 16.4. The van der Waals surface area contributed by atoms with Crippen molar-refractivity contribution in [3.8, 4) is 0 Å². The van der Waals surface area contributed by atoms with Crippen LogP contribution in [0.25, 0.3) is 5.76 Å². The minimum atomic E-state index is -0.777. The Labute approximate surface area is 189 Å². The van der Waals surface area contributed by atoms with Crippen LogP contribution in [0, 0.1) is 29.6 Å². The lowest BCUT2D eigenvalue weighted by Crippen LogP contribution is -2.53. The van der Waals surface area contributed by atoms with Crippen molar-refractivity contribution in [3.63, 3.8) is 0 Å². The SMILES string of the molecule is C=C1CCC2[C@](C)(C(=O)O)CCC[C@]2(C)[C@H]1Cc1c(C)ccc2c1C(=O)C(=O)C(C)=C2O. The van der Waals surface area contributed by atoms with E-state index >= 15 is 0 Å². The second-order valence-corrected chi connectivity index (χ2v) is 10.5. The molecule has 3 aliphatic rings. The van der Waals surface area contributed by atoms with E-state index in [1.54, 1.807) is 6.07 Å². The number of rotatable bonds is 3. The molecule has 4 atom stereocenters. The highest BCUT2D eigenvalue weighted by molar-refractivity contribution is 6.52. The highest BCUT2D eigenvalue weighted by Gasteiger charge is 2.57. The number of carboxylic acids is 1. The van der Waals surface area contributed by atoms with Gasteiger partial charge < -0.3 is 10.2 Å². The minimum Gasteiger partial charge on any atom is -0.507 e. The van der Waals surface area contributed by atoms with E-state index < -0.39 is 23.0 Å². The molecule has 0 heterocycles. The van der Waals surface area contributed by atoms with E-state index in [1.165, 1.54) is 6.92 Å². The smallest absolute Gasteiger partial charge is 0.309 e. The lowest BCUT2D eigenvalue weighted by atomic mass is 9.46. The first-order chi connectivity index (χ1) is 14.9. The molecule has 32 heavy (non-hydrogen) atoms. The number of hydrogen-bond acceptors (Lipinski definition) is 4. The molecule has 0 amide bonds. The molecule has 0 spiro atoms. The second-order valence-electron chi connectivity index (χ2n) is 10.5. The van der Waals surface area contributed by atoms with Gasteiger partial charge in [0, 0.05) is 16.7 Å². The van der Waals surface area contributed by atoms with Gasteiger partial charge in [0.2, 0.25) is 11.6 Å². The molecule has 170 valence electrons. The average Bonchev–Trinajstić information content (AvgIpc) is 2.73. The lowest BCUT2D eigenvalue weighted by molar-refractivity contribution is -0.164. The molecule has 3 aliphatic carbocycles. The maximum absolute atomic E-state index is 13.0. The standard InChI is InChI=1S/C27H32O5/c1-14-7-9-17-21(24(30)23(29)16(3)22(17)28)18(14)13-19-15(2)8-10-20-26(19,4)11-6-12-27(20,5)25(31)32/h7,9,19-20,28H,2,6,8,10-13H2,1,3-5H3,(H,31,32)/t19-,20?,26+,27+/m0/s1. The van der Waals surface area contributed by atoms with Crippen LogP contribution in [0.1, 0.15) is 79.9 Å². The molecule has 2 saturated carbocycles. The number of carbonyl (C=O) groups excluding carboxylic acids is 2. The van der Waals surface area contributed by atoms with Crippen LogP contribution in [0.3, 0.4) is 0 Å². The van der Waals surface area contributed by atoms with Crippen molar-refractivity contribution in [2.24, 2.45) is 22.7 Å². The maximum Gasteiger partial charge on any atom is 0.309 e. The summed E-state index contributed by atoms with van der Waals surface area (Å²) < 4.78 is 0. The summed E-state index contributed by atoms with van der Waals surface area (Å²) in [6.45, 7) is 11.8. The monoisotopic (exact) mass is 436 g/mol. The normalized spacial score (nSPS) is 32.6. The lowest BCUT2D eigenvalue weighted by Gasteiger charge is -2.57. The molecule has 0 radical (unpaired) electrons. The molecular formula is C27H32O5. The Bertz CT molecular complexity index is 1090. The van der Waals surface area contributed by atoms with Crippen molar-refractivity contribution in [1.29, 1.82) is 0 Å². The fourth-order valence-electron chi connectivity index (χ4n) is 6.85. The Morgan fingerprint density at radius 3 is 2.50 bits per heavy atom. The maximum atomic E-state index is 13.0. The first-order valence-electron chi connectivity index (χ1n) is 11.5. The summed E-state index contributed by atoms with van der Waals surface area (Å²) in [5.74, 6) is -2.08. The summed E-state index contributed by atoms with van der Waals surface area (Å²) in [4.78, 5) is 37.8. The molecule has 5 heteroatoms. The van der Waals surface area contributed by atoms with Gasteiger partial charge in [0.1, 0.15) is 5.76 Å². The molecule has 0 bridgehead atoms. The summed E-state index contributed by atoms with van der Waals surface area (Å²) in [7, 11) is 0. The van der Waals surface area contributed by atoms with E-state index in [4.69, 9.17) is 0 Å². The first-order valence-corrected chi connectivity index (χ1v) is 11.5. The average molecular weight is 437 g/mol. The van der Waals surface area contributed by atoms with Gasteiger partial charge in [-0.15, -0.1) is 0 Å². The van der Waals surface area contributed by atoms with Crippen molar-refractivity contribution in [2.45, 2.75) is 66.2 Å². The zero-order valence-corrected chi connectivity index (χ0v) is 19.4. The minimum absolute atomic E-state index is 0.00229. The topological polar surface area (TPSA) is 91.7 Å². The van der Waals surface area contributed by atoms with Crippen molar-refractivity contribution in [1.82, 2.24) is 0 Å². The number of hydrogen-bond donors (Lipinski definition) is 2. The van der Waals surface area contributed by atoms with Crippen molar-refractivity contribution in [2.75, 3.05) is 0 Å². The summed E-state index contributed by atoms with van der Waals surface area (Å²) in [6, 6.07) is 3.59. The predicted molar refractivity (Wildman–Crippen MR) is 122 cm³/mol. The van der Waals surface area contributed by atoms with Gasteiger partial charge in [-0.2, -0.15) is 0 Å². The largest absolute Gasteiger partial charge is 0.507 e. The Hall–Kier alpha value is -2.69. The molecule has 2 N–H and O–H groups in total. The zero-order valence-electron chi connectivity index (χ0n) is 19.4. The summed E-state index contributed by atoms with van der Waals surface area (Å²) in [6.07, 6.45) is 4.51. The number of Topliss-reactive ketones (excluding diaryl/α,β-unsaturated/α-hetero) is 2. The van der Waals surface area contributed by atoms with Gasteiger partial charge in [-0.3, -0.25) is 14.4 Å². The number of ketones is 2. The third-order valence-electron chi connectivity index (χ3n) is 8.85.